The molecule has 0 radical (unpaired) electrons. The van der Waals surface area contributed by atoms with Gasteiger partial charge in [-0.3, -0.25) is 4.98 Å². The van der Waals surface area contributed by atoms with Crippen LogP contribution in [-0.4, -0.2) is 12.1 Å². The van der Waals surface area contributed by atoms with Crippen molar-refractivity contribution in [1.29, 1.82) is 0 Å². The highest BCUT2D eigenvalue weighted by Crippen LogP contribution is 2.48. The molecule has 0 saturated carbocycles. The Bertz CT molecular complexity index is 1300. The van der Waals surface area contributed by atoms with Gasteiger partial charge in [0.25, 0.3) is 0 Å². The number of nitrogens with zero attached hydrogens (tertiary/aromatic N) is 2. The van der Waals surface area contributed by atoms with Gasteiger partial charge < -0.3 is 15.0 Å². The van der Waals surface area contributed by atoms with Crippen molar-refractivity contribution in [2.24, 2.45) is 0 Å². The molecule has 1 aliphatic heterocycles. The first-order valence-electron chi connectivity index (χ1n) is 10.0. The fraction of sp³-hybridized carbons (Fsp3) is 0.160. The van der Waals surface area contributed by atoms with Gasteiger partial charge in [-0.15, -0.1) is 0 Å². The number of pyridine rings is 1. The zero-order chi connectivity index (χ0) is 21.7. The summed E-state index contributed by atoms with van der Waals surface area (Å²) >= 11 is 12.9. The molecule has 4 nitrogen and oxygen atoms in total. The smallest absolute Gasteiger partial charge is 0.131 e. The lowest BCUT2D eigenvalue weighted by Gasteiger charge is -2.40. The summed E-state index contributed by atoms with van der Waals surface area (Å²) in [6.07, 6.45) is -0.224. The molecule has 156 valence electrons. The van der Waals surface area contributed by atoms with E-state index < -0.39 is 0 Å². The van der Waals surface area contributed by atoms with Gasteiger partial charge >= 0.3 is 0 Å². The number of nitrogens with one attached hydrogen (secondary N) is 1. The van der Waals surface area contributed by atoms with Crippen LogP contribution in [0.4, 0.5) is 17.1 Å². The third-order valence-corrected chi connectivity index (χ3v) is 6.25. The van der Waals surface area contributed by atoms with Crippen molar-refractivity contribution in [2.45, 2.75) is 20.0 Å². The Morgan fingerprint density at radius 3 is 2.45 bits per heavy atom. The molecule has 3 aromatic carbocycles. The lowest BCUT2D eigenvalue weighted by molar-refractivity contribution is 0.415. The van der Waals surface area contributed by atoms with Gasteiger partial charge in [0, 0.05) is 38.1 Å². The van der Waals surface area contributed by atoms with Crippen LogP contribution < -0.4 is 15.0 Å². The number of ether oxygens (including phenoxy) is 1. The number of anilines is 3. The fourth-order valence-electron chi connectivity index (χ4n) is 4.21. The highest BCUT2D eigenvalue weighted by atomic mass is 35.5. The van der Waals surface area contributed by atoms with Crippen molar-refractivity contribution >= 4 is 51.2 Å². The molecule has 0 bridgehead atoms. The highest BCUT2D eigenvalue weighted by molar-refractivity contribution is 6.35. The Labute approximate surface area is 191 Å². The molecular formula is C25H21Cl2N3O. The van der Waals surface area contributed by atoms with E-state index in [1.54, 1.807) is 13.2 Å². The Morgan fingerprint density at radius 2 is 1.74 bits per heavy atom. The van der Waals surface area contributed by atoms with Gasteiger partial charge in [0.1, 0.15) is 11.9 Å². The summed E-state index contributed by atoms with van der Waals surface area (Å²) in [5, 5.41) is 6.01. The minimum Gasteiger partial charge on any atom is -0.497 e. The molecule has 1 atom stereocenters. The standard InChI is InChI=1S/C25H21Cl2N3O/c1-14-4-11-21-23-22(12-15(2)28-24(14)23)30(17-6-8-18(31-3)9-7-17)25(29-21)19-10-5-16(26)13-20(19)27/h4-13,25,29H,1-3H3. The van der Waals surface area contributed by atoms with Crippen molar-refractivity contribution in [2.75, 3.05) is 17.3 Å². The number of halogens is 2. The Hall–Kier alpha value is -2.95. The zero-order valence-corrected chi connectivity index (χ0v) is 18.9. The van der Waals surface area contributed by atoms with Gasteiger partial charge in [0.2, 0.25) is 0 Å². The minimum atomic E-state index is -0.224. The summed E-state index contributed by atoms with van der Waals surface area (Å²) in [4.78, 5) is 7.09. The van der Waals surface area contributed by atoms with E-state index in [1.165, 1.54) is 0 Å². The number of benzene rings is 3. The summed E-state index contributed by atoms with van der Waals surface area (Å²) < 4.78 is 5.37. The largest absolute Gasteiger partial charge is 0.497 e. The number of methoxy groups -OCH3 is 1. The second-order valence-corrected chi connectivity index (χ2v) is 8.56. The maximum Gasteiger partial charge on any atom is 0.131 e. The number of aryl methyl sites for hydroxylation is 2. The first-order chi connectivity index (χ1) is 15.0. The Kier molecular flexibility index (Phi) is 4.92. The van der Waals surface area contributed by atoms with E-state index in [0.717, 1.165) is 50.5 Å². The van der Waals surface area contributed by atoms with Gasteiger partial charge in [-0.25, -0.2) is 0 Å². The van der Waals surface area contributed by atoms with Gasteiger partial charge in [-0.1, -0.05) is 35.3 Å². The maximum atomic E-state index is 6.67. The summed E-state index contributed by atoms with van der Waals surface area (Å²) in [5.41, 5.74) is 7.18. The predicted octanol–water partition coefficient (Wildman–Crippen LogP) is 7.43. The van der Waals surface area contributed by atoms with E-state index >= 15 is 0 Å². The van der Waals surface area contributed by atoms with E-state index in [1.807, 2.05) is 31.2 Å². The van der Waals surface area contributed by atoms with Gasteiger partial charge in [0.05, 0.1) is 18.3 Å². The molecule has 4 aromatic rings. The molecule has 5 rings (SSSR count). The molecule has 1 aliphatic rings. The molecule has 0 saturated heterocycles. The first kappa shape index (κ1) is 20.0. The molecule has 0 spiro atoms. The van der Waals surface area contributed by atoms with Crippen LogP contribution in [0.5, 0.6) is 5.75 Å². The van der Waals surface area contributed by atoms with Crippen molar-refractivity contribution in [1.82, 2.24) is 4.98 Å². The van der Waals surface area contributed by atoms with Crippen LogP contribution in [0.1, 0.15) is 23.0 Å². The van der Waals surface area contributed by atoms with Gasteiger partial charge in [-0.05, 0) is 67.9 Å². The number of rotatable bonds is 3. The second kappa shape index (κ2) is 7.63. The van der Waals surface area contributed by atoms with E-state index in [0.29, 0.717) is 10.0 Å². The van der Waals surface area contributed by atoms with Crippen LogP contribution in [0.3, 0.4) is 0 Å². The lowest BCUT2D eigenvalue weighted by Crippen LogP contribution is -2.33. The average Bonchev–Trinajstić information content (AvgIpc) is 2.76. The molecule has 31 heavy (non-hydrogen) atoms. The third kappa shape index (κ3) is 3.36. The van der Waals surface area contributed by atoms with Gasteiger partial charge in [0.15, 0.2) is 0 Å². The molecular weight excluding hydrogens is 429 g/mol. The van der Waals surface area contributed by atoms with Crippen LogP contribution in [0, 0.1) is 13.8 Å². The maximum absolute atomic E-state index is 6.67. The molecule has 1 N–H and O–H groups in total. The third-order valence-electron chi connectivity index (χ3n) is 5.69. The molecule has 0 aliphatic carbocycles. The van der Waals surface area contributed by atoms with Crippen LogP contribution in [0.25, 0.3) is 10.9 Å². The monoisotopic (exact) mass is 449 g/mol. The molecule has 1 aromatic heterocycles. The highest BCUT2D eigenvalue weighted by Gasteiger charge is 2.32. The normalized spacial score (nSPS) is 15.1. The van der Waals surface area contributed by atoms with Gasteiger partial charge in [-0.2, -0.15) is 0 Å². The quantitative estimate of drug-likeness (QED) is 0.352. The molecule has 0 amide bonds. The van der Waals surface area contributed by atoms with E-state index in [2.05, 4.69) is 47.5 Å². The predicted molar refractivity (Wildman–Crippen MR) is 129 cm³/mol. The SMILES string of the molecule is COc1ccc(N2c3cc(C)nc4c(C)ccc(c34)NC2c2ccc(Cl)cc2Cl)cc1. The molecule has 0 fully saturated rings. The summed E-state index contributed by atoms with van der Waals surface area (Å²) in [6.45, 7) is 4.12. The first-order valence-corrected chi connectivity index (χ1v) is 10.8. The summed E-state index contributed by atoms with van der Waals surface area (Å²) in [5.74, 6) is 0.807. The van der Waals surface area contributed by atoms with Crippen LogP contribution in [0.15, 0.2) is 60.7 Å². The van der Waals surface area contributed by atoms with E-state index in [9.17, 15) is 0 Å². The van der Waals surface area contributed by atoms with Crippen LogP contribution >= 0.6 is 23.2 Å². The minimum absolute atomic E-state index is 0.224. The Balaban J connectivity index is 1.79. The van der Waals surface area contributed by atoms with Crippen molar-refractivity contribution in [3.63, 3.8) is 0 Å². The van der Waals surface area contributed by atoms with Crippen LogP contribution in [0.2, 0.25) is 10.0 Å². The zero-order valence-electron chi connectivity index (χ0n) is 17.4. The fourth-order valence-corrected chi connectivity index (χ4v) is 4.72. The summed E-state index contributed by atoms with van der Waals surface area (Å²) in [7, 11) is 1.67. The second-order valence-electron chi connectivity index (χ2n) is 7.72. The lowest BCUT2D eigenvalue weighted by atomic mass is 9.99. The van der Waals surface area contributed by atoms with E-state index in [4.69, 9.17) is 32.9 Å². The molecule has 6 heteroatoms. The molecule has 2 heterocycles. The van der Waals surface area contributed by atoms with Crippen molar-refractivity contribution in [3.05, 3.63) is 87.5 Å². The number of hydrogen-bond donors (Lipinski definition) is 1. The van der Waals surface area contributed by atoms with Crippen LogP contribution in [-0.2, 0) is 0 Å². The number of hydrogen-bond acceptors (Lipinski definition) is 4. The average molecular weight is 450 g/mol. The number of aromatic nitrogens is 1. The Morgan fingerprint density at radius 1 is 0.968 bits per heavy atom. The topological polar surface area (TPSA) is 37.4 Å². The van der Waals surface area contributed by atoms with Crippen molar-refractivity contribution < 1.29 is 4.74 Å². The summed E-state index contributed by atoms with van der Waals surface area (Å²) in [6, 6.07) is 20.0. The molecule has 1 unspecified atom stereocenters. The van der Waals surface area contributed by atoms with Crippen molar-refractivity contribution in [3.8, 4) is 5.75 Å². The van der Waals surface area contributed by atoms with E-state index in [-0.39, 0.29) is 6.17 Å².